The third-order valence-corrected chi connectivity index (χ3v) is 5.51. The molecule has 1 heterocycles. The van der Waals surface area contributed by atoms with Crippen molar-refractivity contribution in [1.29, 1.82) is 0 Å². The molecule has 0 aromatic heterocycles. The van der Waals surface area contributed by atoms with Crippen molar-refractivity contribution in [3.05, 3.63) is 62.6 Å². The van der Waals surface area contributed by atoms with Crippen LogP contribution < -0.4 is 14.8 Å². The second-order valence-corrected chi connectivity index (χ2v) is 7.80. The van der Waals surface area contributed by atoms with E-state index in [1.165, 1.54) is 25.1 Å². The number of amides is 2. The Labute approximate surface area is 186 Å². The molecule has 2 amide bonds. The maximum Gasteiger partial charge on any atom is 0.265 e. The molecule has 1 saturated heterocycles. The van der Waals surface area contributed by atoms with E-state index in [4.69, 9.17) is 33.3 Å². The van der Waals surface area contributed by atoms with Gasteiger partial charge in [-0.1, -0.05) is 39.7 Å². The van der Waals surface area contributed by atoms with Crippen LogP contribution in [-0.2, 0) is 16.2 Å². The van der Waals surface area contributed by atoms with Gasteiger partial charge in [-0.05, 0) is 53.7 Å². The fourth-order valence-electron chi connectivity index (χ4n) is 2.58. The Morgan fingerprint density at radius 1 is 1.21 bits per heavy atom. The van der Waals surface area contributed by atoms with Crippen LogP contribution in [0.3, 0.4) is 0 Å². The minimum atomic E-state index is -0.549. The number of ether oxygens (including phenoxy) is 2. The van der Waals surface area contributed by atoms with Crippen LogP contribution in [0.2, 0.25) is 5.02 Å². The highest BCUT2D eigenvalue weighted by molar-refractivity contribution is 9.10. The van der Waals surface area contributed by atoms with E-state index < -0.39 is 11.8 Å². The van der Waals surface area contributed by atoms with Crippen LogP contribution in [0.5, 0.6) is 11.5 Å². The Morgan fingerprint density at radius 3 is 2.55 bits per heavy atom. The Balaban J connectivity index is 1.88. The molecule has 0 spiro atoms. The summed E-state index contributed by atoms with van der Waals surface area (Å²) in [6, 6.07) is 10.7. The molecular weight excluding hydrogens is 480 g/mol. The molecule has 29 heavy (non-hydrogen) atoms. The van der Waals surface area contributed by atoms with Gasteiger partial charge in [0.15, 0.2) is 16.6 Å². The standard InChI is InChI=1S/C20H16BrClN2O4S/c1-24-19(26)14(18(25)23-20(24)29)7-12-8-16(27-2)17(9-15(12)21)28-10-11-3-5-13(22)6-4-11/h3-9H,10H2,1-2H3,(H,23,25,29)/b14-7+. The summed E-state index contributed by atoms with van der Waals surface area (Å²) in [5.74, 6) is -0.0598. The Morgan fingerprint density at radius 2 is 1.90 bits per heavy atom. The first-order chi connectivity index (χ1) is 13.8. The highest BCUT2D eigenvalue weighted by Crippen LogP contribution is 2.35. The van der Waals surface area contributed by atoms with Gasteiger partial charge in [0.1, 0.15) is 12.2 Å². The molecule has 2 aromatic rings. The number of hydrogen-bond donors (Lipinski definition) is 1. The largest absolute Gasteiger partial charge is 0.493 e. The number of nitrogens with zero attached hydrogens (tertiary/aromatic N) is 1. The predicted molar refractivity (Wildman–Crippen MR) is 118 cm³/mol. The first-order valence-electron chi connectivity index (χ1n) is 8.40. The van der Waals surface area contributed by atoms with Crippen LogP contribution in [0.15, 0.2) is 46.4 Å². The zero-order chi connectivity index (χ0) is 21.1. The SMILES string of the molecule is COc1cc(/C=C2\C(=O)NC(=S)N(C)C2=O)c(Br)cc1OCc1ccc(Cl)cc1. The van der Waals surface area contributed by atoms with Crippen molar-refractivity contribution in [3.8, 4) is 11.5 Å². The van der Waals surface area contributed by atoms with Crippen molar-refractivity contribution < 1.29 is 19.1 Å². The minimum Gasteiger partial charge on any atom is -0.493 e. The van der Waals surface area contributed by atoms with Gasteiger partial charge in [0.05, 0.1) is 7.11 Å². The molecule has 2 aromatic carbocycles. The lowest BCUT2D eigenvalue weighted by Crippen LogP contribution is -2.52. The summed E-state index contributed by atoms with van der Waals surface area (Å²) >= 11 is 14.3. The molecule has 1 aliphatic heterocycles. The number of thiocarbonyl (C=S) groups is 1. The summed E-state index contributed by atoms with van der Waals surface area (Å²) in [6.07, 6.45) is 1.48. The monoisotopic (exact) mass is 494 g/mol. The zero-order valence-corrected chi connectivity index (χ0v) is 18.7. The zero-order valence-electron chi connectivity index (χ0n) is 15.5. The van der Waals surface area contributed by atoms with E-state index in [-0.39, 0.29) is 10.7 Å². The molecule has 150 valence electrons. The normalized spacial score (nSPS) is 15.5. The average Bonchev–Trinajstić information content (AvgIpc) is 2.70. The third-order valence-electron chi connectivity index (χ3n) is 4.20. The van der Waals surface area contributed by atoms with Gasteiger partial charge in [0.25, 0.3) is 11.8 Å². The number of likely N-dealkylation sites (N-methyl/N-ethyl adjacent to an activating group) is 1. The van der Waals surface area contributed by atoms with Crippen molar-refractivity contribution >= 4 is 62.8 Å². The van der Waals surface area contributed by atoms with E-state index in [0.29, 0.717) is 33.2 Å². The highest BCUT2D eigenvalue weighted by Gasteiger charge is 2.31. The lowest BCUT2D eigenvalue weighted by atomic mass is 10.1. The molecule has 0 aliphatic carbocycles. The molecular formula is C20H16BrClN2O4S. The van der Waals surface area contributed by atoms with Crippen molar-refractivity contribution in [2.45, 2.75) is 6.61 Å². The maximum absolute atomic E-state index is 12.4. The molecule has 3 rings (SSSR count). The maximum atomic E-state index is 12.4. The van der Waals surface area contributed by atoms with E-state index in [2.05, 4.69) is 21.2 Å². The summed E-state index contributed by atoms with van der Waals surface area (Å²) in [5, 5.41) is 3.20. The molecule has 1 fully saturated rings. The number of methoxy groups -OCH3 is 1. The molecule has 0 unspecified atom stereocenters. The molecule has 0 bridgehead atoms. The second kappa shape index (κ2) is 8.94. The van der Waals surface area contributed by atoms with Gasteiger partial charge in [-0.2, -0.15) is 0 Å². The van der Waals surface area contributed by atoms with E-state index in [1.807, 2.05) is 12.1 Å². The fraction of sp³-hybridized carbons (Fsp3) is 0.150. The molecule has 6 nitrogen and oxygen atoms in total. The fourth-order valence-corrected chi connectivity index (χ4v) is 3.32. The Hall–Kier alpha value is -2.42. The molecule has 1 aliphatic rings. The van der Waals surface area contributed by atoms with Crippen LogP contribution in [0.25, 0.3) is 6.08 Å². The Kier molecular flexibility index (Phi) is 6.56. The number of benzene rings is 2. The van der Waals surface area contributed by atoms with Gasteiger partial charge in [-0.25, -0.2) is 0 Å². The van der Waals surface area contributed by atoms with Gasteiger partial charge in [0.2, 0.25) is 0 Å². The first-order valence-corrected chi connectivity index (χ1v) is 9.98. The van der Waals surface area contributed by atoms with E-state index in [9.17, 15) is 9.59 Å². The minimum absolute atomic E-state index is 0.0290. The summed E-state index contributed by atoms with van der Waals surface area (Å²) in [4.78, 5) is 25.8. The number of halogens is 2. The number of carbonyl (C=O) groups is 2. The number of hydrogen-bond acceptors (Lipinski definition) is 5. The predicted octanol–water partition coefficient (Wildman–Crippen LogP) is 3.95. The Bertz CT molecular complexity index is 1020. The van der Waals surface area contributed by atoms with Crippen LogP contribution in [0.1, 0.15) is 11.1 Å². The number of nitrogens with one attached hydrogen (secondary N) is 1. The van der Waals surface area contributed by atoms with E-state index in [1.54, 1.807) is 24.3 Å². The third kappa shape index (κ3) is 4.77. The van der Waals surface area contributed by atoms with Gasteiger partial charge < -0.3 is 9.47 Å². The van der Waals surface area contributed by atoms with Gasteiger partial charge in [0, 0.05) is 16.5 Å². The van der Waals surface area contributed by atoms with Crippen molar-refractivity contribution in [3.63, 3.8) is 0 Å². The van der Waals surface area contributed by atoms with Gasteiger partial charge in [-0.15, -0.1) is 0 Å². The average molecular weight is 496 g/mol. The summed E-state index contributed by atoms with van der Waals surface area (Å²) < 4.78 is 11.9. The molecule has 0 radical (unpaired) electrons. The van der Waals surface area contributed by atoms with Gasteiger partial charge in [-0.3, -0.25) is 19.8 Å². The van der Waals surface area contributed by atoms with E-state index in [0.717, 1.165) is 5.56 Å². The highest BCUT2D eigenvalue weighted by atomic mass is 79.9. The summed E-state index contributed by atoms with van der Waals surface area (Å²) in [6.45, 7) is 0.323. The molecule has 0 saturated carbocycles. The van der Waals surface area contributed by atoms with Crippen molar-refractivity contribution in [2.75, 3.05) is 14.2 Å². The molecule has 9 heteroatoms. The van der Waals surface area contributed by atoms with Crippen molar-refractivity contribution in [1.82, 2.24) is 10.2 Å². The smallest absolute Gasteiger partial charge is 0.265 e. The van der Waals surface area contributed by atoms with Crippen LogP contribution in [0, 0.1) is 0 Å². The lowest BCUT2D eigenvalue weighted by Gasteiger charge is -2.25. The number of rotatable bonds is 5. The molecule has 0 atom stereocenters. The van der Waals surface area contributed by atoms with Gasteiger partial charge >= 0.3 is 0 Å². The topological polar surface area (TPSA) is 67.9 Å². The van der Waals surface area contributed by atoms with Crippen LogP contribution in [-0.4, -0.2) is 36.0 Å². The molecule has 1 N–H and O–H groups in total. The number of carbonyl (C=O) groups excluding carboxylic acids is 2. The van der Waals surface area contributed by atoms with Crippen molar-refractivity contribution in [2.24, 2.45) is 0 Å². The first kappa shape index (κ1) is 21.3. The van der Waals surface area contributed by atoms with Crippen LogP contribution in [0.4, 0.5) is 0 Å². The van der Waals surface area contributed by atoms with Crippen LogP contribution >= 0.6 is 39.7 Å². The summed E-state index contributed by atoms with van der Waals surface area (Å²) in [7, 11) is 3.02. The second-order valence-electron chi connectivity index (χ2n) is 6.12. The quantitative estimate of drug-likeness (QED) is 0.387. The van der Waals surface area contributed by atoms with E-state index >= 15 is 0 Å². The summed E-state index contributed by atoms with van der Waals surface area (Å²) in [5.41, 5.74) is 1.50. The lowest BCUT2D eigenvalue weighted by molar-refractivity contribution is -0.128.